The lowest BCUT2D eigenvalue weighted by Crippen LogP contribution is -2.26. The fraction of sp³-hybridized carbons (Fsp3) is 0.133. The summed E-state index contributed by atoms with van der Waals surface area (Å²) in [6, 6.07) is 8.62. The fourth-order valence-corrected chi connectivity index (χ4v) is 2.11. The summed E-state index contributed by atoms with van der Waals surface area (Å²) in [7, 11) is 0. The predicted octanol–water partition coefficient (Wildman–Crippen LogP) is 2.28. The Hall–Kier alpha value is -2.89. The van der Waals surface area contributed by atoms with E-state index >= 15 is 0 Å². The highest BCUT2D eigenvalue weighted by Gasteiger charge is 2.18. The maximum Gasteiger partial charge on any atom is 0.325 e. The minimum Gasteiger partial charge on any atom is -0.480 e. The number of fused-ring (bicyclic) bond motifs is 1. The fourth-order valence-electron chi connectivity index (χ4n) is 2.11. The highest BCUT2D eigenvalue weighted by Crippen LogP contribution is 2.28. The molecule has 6 heteroatoms. The van der Waals surface area contributed by atoms with E-state index in [2.05, 4.69) is 15.3 Å². The molecule has 106 valence electrons. The van der Waals surface area contributed by atoms with Gasteiger partial charge < -0.3 is 10.4 Å². The number of carboxylic acids is 1. The number of aromatic nitrogens is 3. The Labute approximate surface area is 121 Å². The summed E-state index contributed by atoms with van der Waals surface area (Å²) in [4.78, 5) is 19.7. The summed E-state index contributed by atoms with van der Waals surface area (Å²) in [6.45, 7) is 1.60. The van der Waals surface area contributed by atoms with E-state index in [1.165, 1.54) is 0 Å². The average molecular weight is 282 g/mol. The second-order valence-electron chi connectivity index (χ2n) is 4.68. The topological polar surface area (TPSA) is 79.5 Å². The molecule has 0 aliphatic rings. The maximum absolute atomic E-state index is 11.1. The van der Waals surface area contributed by atoms with Gasteiger partial charge in [-0.3, -0.25) is 14.2 Å². The number of anilines is 1. The van der Waals surface area contributed by atoms with Gasteiger partial charge in [-0.2, -0.15) is 0 Å². The zero-order valence-corrected chi connectivity index (χ0v) is 11.4. The molecule has 0 saturated heterocycles. The number of nitrogens with one attached hydrogen (secondary N) is 1. The van der Waals surface area contributed by atoms with Gasteiger partial charge in [-0.15, -0.1) is 0 Å². The molecule has 0 amide bonds. The van der Waals surface area contributed by atoms with Gasteiger partial charge in [0, 0.05) is 24.2 Å². The summed E-state index contributed by atoms with van der Waals surface area (Å²) in [5.41, 5.74) is 2.34. The Bertz CT molecular complexity index is 783. The van der Waals surface area contributed by atoms with Crippen LogP contribution in [0.4, 0.5) is 5.82 Å². The normalized spacial score (nSPS) is 12.2. The number of imidazole rings is 1. The molecule has 3 heterocycles. The van der Waals surface area contributed by atoms with Gasteiger partial charge in [-0.25, -0.2) is 4.98 Å². The molecule has 0 spiro atoms. The first-order chi connectivity index (χ1) is 10.2. The van der Waals surface area contributed by atoms with Crippen molar-refractivity contribution in [3.63, 3.8) is 0 Å². The lowest BCUT2D eigenvalue weighted by Gasteiger charge is -2.12. The van der Waals surface area contributed by atoms with Crippen LogP contribution in [-0.4, -0.2) is 31.5 Å². The highest BCUT2D eigenvalue weighted by molar-refractivity contribution is 5.81. The number of carbonyl (C=O) groups is 1. The van der Waals surface area contributed by atoms with Crippen LogP contribution in [0.25, 0.3) is 16.9 Å². The summed E-state index contributed by atoms with van der Waals surface area (Å²) in [5, 5.41) is 12.1. The Morgan fingerprint density at radius 1 is 1.29 bits per heavy atom. The van der Waals surface area contributed by atoms with Gasteiger partial charge in [0.2, 0.25) is 0 Å². The van der Waals surface area contributed by atoms with Gasteiger partial charge in [-0.1, -0.05) is 6.07 Å². The zero-order chi connectivity index (χ0) is 14.8. The quantitative estimate of drug-likeness (QED) is 0.767. The molecule has 3 aromatic heterocycles. The molecule has 1 atom stereocenters. The molecule has 0 saturated carbocycles. The van der Waals surface area contributed by atoms with Crippen LogP contribution < -0.4 is 5.32 Å². The lowest BCUT2D eigenvalue weighted by molar-refractivity contribution is -0.137. The lowest BCUT2D eigenvalue weighted by atomic mass is 10.2. The Balaban J connectivity index is 2.17. The van der Waals surface area contributed by atoms with Crippen molar-refractivity contribution in [2.45, 2.75) is 13.0 Å². The van der Waals surface area contributed by atoms with Crippen molar-refractivity contribution in [1.82, 2.24) is 14.4 Å². The molecular weight excluding hydrogens is 268 g/mol. The summed E-state index contributed by atoms with van der Waals surface area (Å²) in [6.07, 6.45) is 5.22. The van der Waals surface area contributed by atoms with Crippen LogP contribution in [0.3, 0.4) is 0 Å². The van der Waals surface area contributed by atoms with Crippen molar-refractivity contribution in [2.24, 2.45) is 0 Å². The standard InChI is InChI=1S/C15H14N4O2/c1-10(15(20)21)17-14-13(11-5-7-16-8-6-11)18-12-4-2-3-9-19(12)14/h2-10,17H,1H3,(H,20,21). The van der Waals surface area contributed by atoms with Gasteiger partial charge in [0.25, 0.3) is 0 Å². The third-order valence-electron chi connectivity index (χ3n) is 3.21. The molecule has 0 radical (unpaired) electrons. The predicted molar refractivity (Wildman–Crippen MR) is 79.1 cm³/mol. The summed E-state index contributed by atoms with van der Waals surface area (Å²) >= 11 is 0. The third-order valence-corrected chi connectivity index (χ3v) is 3.21. The van der Waals surface area contributed by atoms with Crippen LogP contribution in [0, 0.1) is 0 Å². The number of aliphatic carboxylic acids is 1. The van der Waals surface area contributed by atoms with Crippen molar-refractivity contribution in [3.8, 4) is 11.3 Å². The molecule has 21 heavy (non-hydrogen) atoms. The smallest absolute Gasteiger partial charge is 0.325 e. The molecule has 0 aliphatic heterocycles. The van der Waals surface area contributed by atoms with Crippen molar-refractivity contribution >= 4 is 17.4 Å². The summed E-state index contributed by atoms with van der Waals surface area (Å²) in [5.74, 6) is -0.256. The molecule has 1 unspecified atom stereocenters. The zero-order valence-electron chi connectivity index (χ0n) is 11.4. The number of hydrogen-bond acceptors (Lipinski definition) is 4. The van der Waals surface area contributed by atoms with Gasteiger partial charge in [0.1, 0.15) is 23.2 Å². The molecule has 0 aromatic carbocycles. The molecule has 6 nitrogen and oxygen atoms in total. The number of rotatable bonds is 4. The minimum atomic E-state index is -0.915. The largest absolute Gasteiger partial charge is 0.480 e. The molecule has 2 N–H and O–H groups in total. The van der Waals surface area contributed by atoms with Crippen LogP contribution in [-0.2, 0) is 4.79 Å². The van der Waals surface area contributed by atoms with Crippen molar-refractivity contribution in [1.29, 1.82) is 0 Å². The van der Waals surface area contributed by atoms with Gasteiger partial charge in [0.05, 0.1) is 0 Å². The molecule has 3 rings (SSSR count). The van der Waals surface area contributed by atoms with Crippen molar-refractivity contribution < 1.29 is 9.90 Å². The molecule has 0 bridgehead atoms. The van der Waals surface area contributed by atoms with Gasteiger partial charge in [-0.05, 0) is 31.2 Å². The van der Waals surface area contributed by atoms with Crippen LogP contribution >= 0.6 is 0 Å². The maximum atomic E-state index is 11.1. The van der Waals surface area contributed by atoms with E-state index in [-0.39, 0.29) is 0 Å². The van der Waals surface area contributed by atoms with Crippen LogP contribution in [0.5, 0.6) is 0 Å². The van der Waals surface area contributed by atoms with E-state index in [0.29, 0.717) is 11.5 Å². The first-order valence-electron chi connectivity index (χ1n) is 6.53. The van der Waals surface area contributed by atoms with E-state index < -0.39 is 12.0 Å². The Morgan fingerprint density at radius 2 is 2.05 bits per heavy atom. The minimum absolute atomic E-state index is 0.659. The number of hydrogen-bond donors (Lipinski definition) is 2. The molecule has 3 aromatic rings. The third kappa shape index (κ3) is 2.43. The van der Waals surface area contributed by atoms with E-state index in [0.717, 1.165) is 11.2 Å². The van der Waals surface area contributed by atoms with Crippen molar-refractivity contribution in [2.75, 3.05) is 5.32 Å². The summed E-state index contributed by atoms with van der Waals surface area (Å²) < 4.78 is 1.84. The Morgan fingerprint density at radius 3 is 2.76 bits per heavy atom. The molecule has 0 fully saturated rings. The first kappa shape index (κ1) is 13.1. The Kier molecular flexibility index (Phi) is 3.27. The highest BCUT2D eigenvalue weighted by atomic mass is 16.4. The SMILES string of the molecule is CC(Nc1c(-c2ccncc2)nc2ccccn12)C(=O)O. The van der Waals surface area contributed by atoms with Gasteiger partial charge >= 0.3 is 5.97 Å². The molecular formula is C15H14N4O2. The monoisotopic (exact) mass is 282 g/mol. The second-order valence-corrected chi connectivity index (χ2v) is 4.68. The van der Waals surface area contributed by atoms with Gasteiger partial charge in [0.15, 0.2) is 0 Å². The van der Waals surface area contributed by atoms with E-state index in [4.69, 9.17) is 5.11 Å². The second kappa shape index (κ2) is 5.24. The number of pyridine rings is 2. The first-order valence-corrected chi connectivity index (χ1v) is 6.53. The average Bonchev–Trinajstić information content (AvgIpc) is 2.87. The van der Waals surface area contributed by atoms with E-state index in [1.807, 2.05) is 40.9 Å². The number of carboxylic acid groups (broad SMARTS) is 1. The van der Waals surface area contributed by atoms with Crippen LogP contribution in [0.15, 0.2) is 48.9 Å². The number of nitrogens with zero attached hydrogens (tertiary/aromatic N) is 3. The van der Waals surface area contributed by atoms with Crippen LogP contribution in [0.1, 0.15) is 6.92 Å². The van der Waals surface area contributed by atoms with Crippen LogP contribution in [0.2, 0.25) is 0 Å². The molecule has 0 aliphatic carbocycles. The van der Waals surface area contributed by atoms with Crippen molar-refractivity contribution in [3.05, 3.63) is 48.9 Å². The van der Waals surface area contributed by atoms with E-state index in [9.17, 15) is 4.79 Å². The van der Waals surface area contributed by atoms with E-state index in [1.54, 1.807) is 19.3 Å².